The standard InChI is InChI=1S/C12H13NO3/c1-8(12(14)15)13(2)10-7-16-11-6-4-3-5-9(10)11/h3-8H,1-2H3,(H,14,15). The van der Waals surface area contributed by atoms with Crippen molar-refractivity contribution in [2.24, 2.45) is 0 Å². The number of carboxylic acids is 1. The van der Waals surface area contributed by atoms with Gasteiger partial charge >= 0.3 is 5.97 Å². The lowest BCUT2D eigenvalue weighted by Crippen LogP contribution is -2.35. The van der Waals surface area contributed by atoms with Crippen LogP contribution in [0.25, 0.3) is 11.0 Å². The molecule has 0 spiro atoms. The molecule has 1 aromatic carbocycles. The van der Waals surface area contributed by atoms with E-state index in [9.17, 15) is 4.79 Å². The van der Waals surface area contributed by atoms with Crippen LogP contribution in [0.15, 0.2) is 34.9 Å². The number of carbonyl (C=O) groups is 1. The molecule has 0 amide bonds. The van der Waals surface area contributed by atoms with Gasteiger partial charge in [0.15, 0.2) is 0 Å². The molecular formula is C12H13NO3. The van der Waals surface area contributed by atoms with Gasteiger partial charge < -0.3 is 14.4 Å². The fraction of sp³-hybridized carbons (Fsp3) is 0.250. The Bertz CT molecular complexity index is 518. The van der Waals surface area contributed by atoms with Gasteiger partial charge in [-0.2, -0.15) is 0 Å². The Labute approximate surface area is 93.1 Å². The third-order valence-electron chi connectivity index (χ3n) is 2.78. The molecule has 2 aromatic rings. The molecule has 0 aliphatic rings. The minimum absolute atomic E-state index is 0.582. The summed E-state index contributed by atoms with van der Waals surface area (Å²) < 4.78 is 5.37. The monoisotopic (exact) mass is 219 g/mol. The number of benzene rings is 1. The van der Waals surface area contributed by atoms with Crippen LogP contribution in [0.2, 0.25) is 0 Å². The SMILES string of the molecule is CC(C(=O)O)N(C)c1coc2ccccc12. The number of fused-ring (bicyclic) bond motifs is 1. The van der Waals surface area contributed by atoms with Crippen molar-refractivity contribution in [3.8, 4) is 0 Å². The van der Waals surface area contributed by atoms with E-state index < -0.39 is 12.0 Å². The van der Waals surface area contributed by atoms with Gasteiger partial charge in [-0.3, -0.25) is 0 Å². The van der Waals surface area contributed by atoms with Crippen molar-refractivity contribution in [3.05, 3.63) is 30.5 Å². The molecule has 0 aliphatic carbocycles. The first-order valence-corrected chi connectivity index (χ1v) is 5.03. The van der Waals surface area contributed by atoms with Gasteiger partial charge in [0, 0.05) is 12.4 Å². The molecule has 1 atom stereocenters. The number of furan rings is 1. The smallest absolute Gasteiger partial charge is 0.326 e. The second-order valence-electron chi connectivity index (χ2n) is 3.74. The summed E-state index contributed by atoms with van der Waals surface area (Å²) in [7, 11) is 1.75. The Morgan fingerprint density at radius 3 is 2.81 bits per heavy atom. The lowest BCUT2D eigenvalue weighted by molar-refractivity contribution is -0.138. The van der Waals surface area contributed by atoms with Crippen LogP contribution in [0, 0.1) is 0 Å². The summed E-state index contributed by atoms with van der Waals surface area (Å²) in [6, 6.07) is 6.98. The van der Waals surface area contributed by atoms with Crippen LogP contribution < -0.4 is 4.90 Å². The number of nitrogens with zero attached hydrogens (tertiary/aromatic N) is 1. The quantitative estimate of drug-likeness (QED) is 0.860. The fourth-order valence-corrected chi connectivity index (χ4v) is 1.61. The molecule has 4 heteroatoms. The maximum absolute atomic E-state index is 10.9. The summed E-state index contributed by atoms with van der Waals surface area (Å²) in [5.41, 5.74) is 1.56. The predicted molar refractivity (Wildman–Crippen MR) is 61.7 cm³/mol. The molecule has 0 saturated carbocycles. The summed E-state index contributed by atoms with van der Waals surface area (Å²) in [6.45, 7) is 1.64. The number of rotatable bonds is 3. The van der Waals surface area contributed by atoms with Gasteiger partial charge in [-0.15, -0.1) is 0 Å². The lowest BCUT2D eigenvalue weighted by Gasteiger charge is -2.21. The molecule has 1 aromatic heterocycles. The van der Waals surface area contributed by atoms with E-state index in [1.165, 1.54) is 0 Å². The van der Waals surface area contributed by atoms with Crippen molar-refractivity contribution < 1.29 is 14.3 Å². The molecule has 0 radical (unpaired) electrons. The maximum atomic E-state index is 10.9. The number of para-hydroxylation sites is 1. The zero-order valence-corrected chi connectivity index (χ0v) is 9.18. The van der Waals surface area contributed by atoms with Crippen LogP contribution in [0.5, 0.6) is 0 Å². The summed E-state index contributed by atoms with van der Waals surface area (Å²) in [6.07, 6.45) is 1.59. The highest BCUT2D eigenvalue weighted by Crippen LogP contribution is 2.29. The van der Waals surface area contributed by atoms with Gasteiger partial charge in [0.2, 0.25) is 0 Å². The molecule has 0 fully saturated rings. The maximum Gasteiger partial charge on any atom is 0.326 e. The molecule has 1 N–H and O–H groups in total. The minimum atomic E-state index is -0.854. The van der Waals surface area contributed by atoms with Crippen molar-refractivity contribution in [1.82, 2.24) is 0 Å². The molecule has 84 valence electrons. The number of carboxylic acid groups (broad SMARTS) is 1. The molecule has 1 heterocycles. The lowest BCUT2D eigenvalue weighted by atomic mass is 10.2. The van der Waals surface area contributed by atoms with Gasteiger partial charge in [0.25, 0.3) is 0 Å². The Balaban J connectivity index is 2.44. The third kappa shape index (κ3) is 1.62. The molecule has 0 aliphatic heterocycles. The van der Waals surface area contributed by atoms with Gasteiger partial charge in [-0.25, -0.2) is 4.79 Å². The predicted octanol–water partition coefficient (Wildman–Crippen LogP) is 2.34. The van der Waals surface area contributed by atoms with Crippen LogP contribution in [-0.2, 0) is 4.79 Å². The molecule has 1 unspecified atom stereocenters. The summed E-state index contributed by atoms with van der Waals surface area (Å²) in [5, 5.41) is 9.88. The van der Waals surface area contributed by atoms with E-state index in [4.69, 9.17) is 9.52 Å². The molecule has 0 bridgehead atoms. The number of likely N-dealkylation sites (N-methyl/N-ethyl adjacent to an activating group) is 1. The Hall–Kier alpha value is -1.97. The van der Waals surface area contributed by atoms with E-state index in [1.807, 2.05) is 24.3 Å². The van der Waals surface area contributed by atoms with Crippen LogP contribution >= 0.6 is 0 Å². The molecular weight excluding hydrogens is 206 g/mol. The highest BCUT2D eigenvalue weighted by Gasteiger charge is 2.20. The Morgan fingerprint density at radius 2 is 2.12 bits per heavy atom. The van der Waals surface area contributed by atoms with Crippen molar-refractivity contribution in [1.29, 1.82) is 0 Å². The van der Waals surface area contributed by atoms with Crippen LogP contribution in [0.3, 0.4) is 0 Å². The Kier molecular flexibility index (Phi) is 2.56. The van der Waals surface area contributed by atoms with Crippen LogP contribution in [-0.4, -0.2) is 24.2 Å². The fourth-order valence-electron chi connectivity index (χ4n) is 1.61. The van der Waals surface area contributed by atoms with Gasteiger partial charge in [0.1, 0.15) is 17.9 Å². The van der Waals surface area contributed by atoms with Gasteiger partial charge in [-0.05, 0) is 19.1 Å². The van der Waals surface area contributed by atoms with E-state index in [1.54, 1.807) is 25.1 Å². The first-order chi connectivity index (χ1) is 7.61. The zero-order chi connectivity index (χ0) is 11.7. The average molecular weight is 219 g/mol. The first-order valence-electron chi connectivity index (χ1n) is 5.03. The normalized spacial score (nSPS) is 12.6. The van der Waals surface area contributed by atoms with E-state index in [2.05, 4.69) is 0 Å². The molecule has 16 heavy (non-hydrogen) atoms. The van der Waals surface area contributed by atoms with Crippen molar-refractivity contribution in [2.45, 2.75) is 13.0 Å². The summed E-state index contributed by atoms with van der Waals surface area (Å²) in [4.78, 5) is 12.6. The highest BCUT2D eigenvalue weighted by molar-refractivity contribution is 5.92. The van der Waals surface area contributed by atoms with E-state index in [0.717, 1.165) is 16.7 Å². The van der Waals surface area contributed by atoms with Crippen LogP contribution in [0.4, 0.5) is 5.69 Å². The number of anilines is 1. The number of aliphatic carboxylic acids is 1. The minimum Gasteiger partial charge on any atom is -0.480 e. The Morgan fingerprint density at radius 1 is 1.44 bits per heavy atom. The van der Waals surface area contributed by atoms with Crippen molar-refractivity contribution >= 4 is 22.6 Å². The van der Waals surface area contributed by atoms with Gasteiger partial charge in [-0.1, -0.05) is 12.1 Å². The highest BCUT2D eigenvalue weighted by atomic mass is 16.4. The zero-order valence-electron chi connectivity index (χ0n) is 9.18. The van der Waals surface area contributed by atoms with E-state index >= 15 is 0 Å². The first kappa shape index (κ1) is 10.5. The van der Waals surface area contributed by atoms with Gasteiger partial charge in [0.05, 0.1) is 5.69 Å². The van der Waals surface area contributed by atoms with Crippen LogP contribution in [0.1, 0.15) is 6.92 Å². The largest absolute Gasteiger partial charge is 0.480 e. The molecule has 4 nitrogen and oxygen atoms in total. The second kappa shape index (κ2) is 3.89. The summed E-state index contributed by atoms with van der Waals surface area (Å²) >= 11 is 0. The molecule has 0 saturated heterocycles. The van der Waals surface area contributed by atoms with Crippen molar-refractivity contribution in [2.75, 3.05) is 11.9 Å². The third-order valence-corrected chi connectivity index (χ3v) is 2.78. The topological polar surface area (TPSA) is 53.7 Å². The van der Waals surface area contributed by atoms with E-state index in [-0.39, 0.29) is 0 Å². The average Bonchev–Trinajstić information content (AvgIpc) is 2.70. The van der Waals surface area contributed by atoms with Crippen molar-refractivity contribution in [3.63, 3.8) is 0 Å². The summed E-state index contributed by atoms with van der Waals surface area (Å²) in [5.74, 6) is -0.854. The number of hydrogen-bond donors (Lipinski definition) is 1. The molecule has 2 rings (SSSR count). The number of hydrogen-bond acceptors (Lipinski definition) is 3. The second-order valence-corrected chi connectivity index (χ2v) is 3.74. The van der Waals surface area contributed by atoms with E-state index in [0.29, 0.717) is 0 Å².